The Morgan fingerprint density at radius 3 is 2.54 bits per heavy atom. The Hall–Kier alpha value is -2.33. The van der Waals surface area contributed by atoms with Gasteiger partial charge in [-0.1, -0.05) is 26.0 Å². The van der Waals surface area contributed by atoms with E-state index in [2.05, 4.69) is 18.7 Å². The Labute approximate surface area is 219 Å². The summed E-state index contributed by atoms with van der Waals surface area (Å²) in [7, 11) is 3.29. The van der Waals surface area contributed by atoms with Crippen molar-refractivity contribution < 1.29 is 28.6 Å². The second-order valence-corrected chi connectivity index (χ2v) is 11.0. The van der Waals surface area contributed by atoms with Gasteiger partial charge in [0.25, 0.3) is 0 Å². The number of rotatable bonds is 10. The number of nitrogens with two attached hydrogens (primary N) is 1. The van der Waals surface area contributed by atoms with Crippen LogP contribution < -0.4 is 5.73 Å². The molecule has 0 bridgehead atoms. The molecule has 3 heterocycles. The molecule has 3 aliphatic rings. The molecule has 204 valence electrons. The number of ketones is 1. The van der Waals surface area contributed by atoms with E-state index in [1.54, 1.807) is 25.2 Å². The van der Waals surface area contributed by atoms with Gasteiger partial charge in [0.05, 0.1) is 19.1 Å². The molecule has 9 heteroatoms. The van der Waals surface area contributed by atoms with Crippen LogP contribution in [0.3, 0.4) is 0 Å². The second-order valence-electron chi connectivity index (χ2n) is 11.0. The molecule has 3 saturated heterocycles. The quantitative estimate of drug-likeness (QED) is 0.507. The number of amides is 2. The normalized spacial score (nSPS) is 25.6. The minimum absolute atomic E-state index is 0.0150. The highest BCUT2D eigenvalue weighted by Gasteiger charge is 2.53. The van der Waals surface area contributed by atoms with Gasteiger partial charge < -0.3 is 29.7 Å². The molecule has 0 spiro atoms. The zero-order valence-corrected chi connectivity index (χ0v) is 22.5. The Kier molecular flexibility index (Phi) is 9.00. The molecule has 4 atom stereocenters. The lowest BCUT2D eigenvalue weighted by Gasteiger charge is -2.33. The fourth-order valence-corrected chi connectivity index (χ4v) is 6.14. The molecule has 37 heavy (non-hydrogen) atoms. The maximum Gasteiger partial charge on any atom is 0.249 e. The topological polar surface area (TPSA) is 111 Å². The van der Waals surface area contributed by atoms with Crippen LogP contribution in [-0.2, 0) is 23.8 Å². The molecule has 0 unspecified atom stereocenters. The number of nitrogens with zero attached hydrogens (tertiary/aromatic N) is 2. The number of methoxy groups -OCH3 is 2. The van der Waals surface area contributed by atoms with Gasteiger partial charge in [0, 0.05) is 26.3 Å². The smallest absolute Gasteiger partial charge is 0.249 e. The molecule has 0 radical (unpaired) electrons. The summed E-state index contributed by atoms with van der Waals surface area (Å²) < 4.78 is 16.5. The molecule has 2 N–H and O–H groups in total. The third-order valence-electron chi connectivity index (χ3n) is 8.12. The van der Waals surface area contributed by atoms with Gasteiger partial charge >= 0.3 is 0 Å². The molecule has 0 saturated carbocycles. The second kappa shape index (κ2) is 12.0. The molecule has 0 aliphatic carbocycles. The summed E-state index contributed by atoms with van der Waals surface area (Å²) >= 11 is 0. The summed E-state index contributed by atoms with van der Waals surface area (Å²) in [5.74, 6) is -0.884. The van der Waals surface area contributed by atoms with E-state index in [1.807, 2.05) is 12.1 Å². The Bertz CT molecular complexity index is 990. The maximum atomic E-state index is 14.1. The van der Waals surface area contributed by atoms with Crippen molar-refractivity contribution >= 4 is 17.6 Å². The molecule has 9 nitrogen and oxygen atoms in total. The highest BCUT2D eigenvalue weighted by molar-refractivity contribution is 5.99. The summed E-state index contributed by atoms with van der Waals surface area (Å²) in [5.41, 5.74) is 7.96. The summed E-state index contributed by atoms with van der Waals surface area (Å²) in [4.78, 5) is 43.3. The van der Waals surface area contributed by atoms with Crippen molar-refractivity contribution in [3.8, 4) is 0 Å². The first kappa shape index (κ1) is 27.7. The lowest BCUT2D eigenvalue weighted by molar-refractivity contribution is -0.138. The van der Waals surface area contributed by atoms with E-state index in [-0.39, 0.29) is 36.9 Å². The average molecular weight is 516 g/mol. The zero-order chi connectivity index (χ0) is 26.7. The molecular formula is C28H41N3O6. The Morgan fingerprint density at radius 2 is 1.92 bits per heavy atom. The van der Waals surface area contributed by atoms with Gasteiger partial charge in [-0.25, -0.2) is 0 Å². The van der Waals surface area contributed by atoms with E-state index in [0.717, 1.165) is 44.6 Å². The maximum absolute atomic E-state index is 14.1. The highest BCUT2D eigenvalue weighted by Crippen LogP contribution is 2.37. The monoisotopic (exact) mass is 515 g/mol. The summed E-state index contributed by atoms with van der Waals surface area (Å²) in [6.45, 7) is 7.98. The molecular weight excluding hydrogens is 474 g/mol. The molecule has 1 aromatic carbocycles. The van der Waals surface area contributed by atoms with Crippen molar-refractivity contribution in [2.24, 2.45) is 11.7 Å². The van der Waals surface area contributed by atoms with Gasteiger partial charge in [-0.05, 0) is 61.4 Å². The van der Waals surface area contributed by atoms with E-state index in [4.69, 9.17) is 19.9 Å². The number of benzene rings is 1. The van der Waals surface area contributed by atoms with Crippen molar-refractivity contribution in [1.82, 2.24) is 9.80 Å². The first-order valence-corrected chi connectivity index (χ1v) is 13.4. The first-order valence-electron chi connectivity index (χ1n) is 13.4. The largest absolute Gasteiger partial charge is 0.383 e. The van der Waals surface area contributed by atoms with Crippen LogP contribution in [0.1, 0.15) is 66.4 Å². The number of primary amides is 1. The SMILES string of the molecule is COCCN1CCC(c2ccc(C(N)=O)c([C@H](CC(C)C)C(=O)N3C[C@@H](OC)[C@H]4OCC(=O)[C@H]43)c2)CC1. The van der Waals surface area contributed by atoms with Crippen molar-refractivity contribution in [3.63, 3.8) is 0 Å². The van der Waals surface area contributed by atoms with Crippen molar-refractivity contribution in [2.45, 2.75) is 63.2 Å². The van der Waals surface area contributed by atoms with Crippen molar-refractivity contribution in [3.05, 3.63) is 34.9 Å². The summed E-state index contributed by atoms with van der Waals surface area (Å²) in [6, 6.07) is 5.13. The predicted octanol–water partition coefficient (Wildman–Crippen LogP) is 1.93. The van der Waals surface area contributed by atoms with Crippen molar-refractivity contribution in [1.29, 1.82) is 0 Å². The summed E-state index contributed by atoms with van der Waals surface area (Å²) in [5, 5.41) is 0. The summed E-state index contributed by atoms with van der Waals surface area (Å²) in [6.07, 6.45) is 1.73. The van der Waals surface area contributed by atoms with Crippen LogP contribution in [0.25, 0.3) is 0 Å². The number of hydrogen-bond donors (Lipinski definition) is 1. The van der Waals surface area contributed by atoms with Gasteiger partial charge in [0.1, 0.15) is 24.9 Å². The molecule has 4 rings (SSSR count). The van der Waals surface area contributed by atoms with E-state index < -0.39 is 24.0 Å². The van der Waals surface area contributed by atoms with Crippen LogP contribution in [0.2, 0.25) is 0 Å². The van der Waals surface area contributed by atoms with E-state index in [0.29, 0.717) is 23.5 Å². The highest BCUT2D eigenvalue weighted by atomic mass is 16.5. The van der Waals surface area contributed by atoms with Gasteiger partial charge in [-0.2, -0.15) is 0 Å². The Balaban J connectivity index is 1.64. The van der Waals surface area contributed by atoms with Crippen LogP contribution in [0.4, 0.5) is 0 Å². The van der Waals surface area contributed by atoms with Crippen LogP contribution in [-0.4, -0.2) is 99.3 Å². The number of Topliss-reactive ketones (excluding diaryl/α,β-unsaturated/α-hetero) is 1. The van der Waals surface area contributed by atoms with Gasteiger partial charge in [0.2, 0.25) is 11.8 Å². The van der Waals surface area contributed by atoms with Crippen LogP contribution in [0.5, 0.6) is 0 Å². The molecule has 1 aromatic rings. The number of fused-ring (bicyclic) bond motifs is 1. The number of ether oxygens (including phenoxy) is 3. The van der Waals surface area contributed by atoms with Gasteiger partial charge in [0.15, 0.2) is 5.78 Å². The predicted molar refractivity (Wildman–Crippen MR) is 138 cm³/mol. The average Bonchev–Trinajstić information content (AvgIpc) is 3.45. The third kappa shape index (κ3) is 5.90. The Morgan fingerprint density at radius 1 is 1.19 bits per heavy atom. The lowest BCUT2D eigenvalue weighted by atomic mass is 9.81. The van der Waals surface area contributed by atoms with E-state index >= 15 is 0 Å². The van der Waals surface area contributed by atoms with E-state index in [9.17, 15) is 14.4 Å². The van der Waals surface area contributed by atoms with Crippen LogP contribution >= 0.6 is 0 Å². The number of carbonyl (C=O) groups excluding carboxylic acids is 3. The number of likely N-dealkylation sites (tertiary alicyclic amines) is 2. The minimum Gasteiger partial charge on any atom is -0.383 e. The van der Waals surface area contributed by atoms with Gasteiger partial charge in [-0.15, -0.1) is 0 Å². The lowest BCUT2D eigenvalue weighted by Crippen LogP contribution is -2.44. The molecule has 2 amide bonds. The number of piperidine rings is 1. The van der Waals surface area contributed by atoms with Crippen LogP contribution in [0, 0.1) is 5.92 Å². The fraction of sp³-hybridized carbons (Fsp3) is 0.679. The van der Waals surface area contributed by atoms with E-state index in [1.165, 1.54) is 0 Å². The van der Waals surface area contributed by atoms with Crippen LogP contribution in [0.15, 0.2) is 18.2 Å². The third-order valence-corrected chi connectivity index (χ3v) is 8.12. The zero-order valence-electron chi connectivity index (χ0n) is 22.5. The molecule has 3 aliphatic heterocycles. The first-order chi connectivity index (χ1) is 17.7. The number of carbonyl (C=O) groups is 3. The molecule has 0 aromatic heterocycles. The number of hydrogen-bond acceptors (Lipinski definition) is 7. The molecule has 3 fully saturated rings. The minimum atomic E-state index is -0.649. The van der Waals surface area contributed by atoms with Crippen molar-refractivity contribution in [2.75, 3.05) is 53.6 Å². The van der Waals surface area contributed by atoms with Gasteiger partial charge in [-0.3, -0.25) is 14.4 Å². The standard InChI is InChI=1S/C28H41N3O6/c1-17(2)13-22(28(34)31-15-24(36-4)26-25(31)23(32)16-37-26)21-14-19(5-6-20(21)27(29)33)18-7-9-30(10-8-18)11-12-35-3/h5-6,14,17-18,22,24-26H,7-13,15-16H2,1-4H3,(H2,29,33)/t22-,24+,25+,26+/m0/s1. The fourth-order valence-electron chi connectivity index (χ4n) is 6.14.